The van der Waals surface area contributed by atoms with Gasteiger partial charge in [0.2, 0.25) is 0 Å². The Balaban J connectivity index is 4.75. The van der Waals surface area contributed by atoms with Gasteiger partial charge in [0.05, 0.1) is 19.8 Å². The standard InChI is InChI=1S/C14H24F2O4/c1-5-8-20-14(6-2,7-3)12(13(15)16)19-11-18-10-9-17-4/h5H,1,6-11H2,2-4H3. The van der Waals surface area contributed by atoms with Crippen LogP contribution in [0, 0.1) is 0 Å². The Kier molecular flexibility index (Phi) is 10.2. The Morgan fingerprint density at radius 2 is 1.85 bits per heavy atom. The summed E-state index contributed by atoms with van der Waals surface area (Å²) in [6, 6.07) is 0. The van der Waals surface area contributed by atoms with E-state index < -0.39 is 17.4 Å². The summed E-state index contributed by atoms with van der Waals surface area (Å²) in [5, 5.41) is 0. The Bertz CT molecular complexity index is 298. The summed E-state index contributed by atoms with van der Waals surface area (Å²) < 4.78 is 46.7. The summed E-state index contributed by atoms with van der Waals surface area (Å²) in [7, 11) is 1.53. The van der Waals surface area contributed by atoms with Crippen molar-refractivity contribution >= 4 is 0 Å². The molecular weight excluding hydrogens is 270 g/mol. The van der Waals surface area contributed by atoms with Crippen molar-refractivity contribution < 1.29 is 27.7 Å². The van der Waals surface area contributed by atoms with Gasteiger partial charge in [0.1, 0.15) is 5.60 Å². The smallest absolute Gasteiger partial charge is 0.310 e. The van der Waals surface area contributed by atoms with E-state index in [0.29, 0.717) is 19.4 Å². The summed E-state index contributed by atoms with van der Waals surface area (Å²) >= 11 is 0. The summed E-state index contributed by atoms with van der Waals surface area (Å²) in [4.78, 5) is 0. The second kappa shape index (κ2) is 10.8. The van der Waals surface area contributed by atoms with Crippen LogP contribution >= 0.6 is 0 Å². The molecule has 0 radical (unpaired) electrons. The van der Waals surface area contributed by atoms with Crippen molar-refractivity contribution in [3.8, 4) is 0 Å². The minimum absolute atomic E-state index is 0.173. The summed E-state index contributed by atoms with van der Waals surface area (Å²) in [5.74, 6) is -0.471. The second-order valence-corrected chi connectivity index (χ2v) is 4.05. The van der Waals surface area contributed by atoms with Gasteiger partial charge >= 0.3 is 6.08 Å². The highest BCUT2D eigenvalue weighted by Crippen LogP contribution is 2.33. The van der Waals surface area contributed by atoms with Crippen LogP contribution in [0.3, 0.4) is 0 Å². The molecule has 0 aromatic heterocycles. The first-order valence-electron chi connectivity index (χ1n) is 6.58. The third-order valence-corrected chi connectivity index (χ3v) is 2.92. The first kappa shape index (κ1) is 19.0. The van der Waals surface area contributed by atoms with Gasteiger partial charge in [-0.3, -0.25) is 0 Å². The molecule has 0 aliphatic rings. The van der Waals surface area contributed by atoms with Crippen molar-refractivity contribution in [2.75, 3.05) is 33.7 Å². The number of hydrogen-bond donors (Lipinski definition) is 0. The number of hydrogen-bond acceptors (Lipinski definition) is 4. The quantitative estimate of drug-likeness (QED) is 0.239. The van der Waals surface area contributed by atoms with Gasteiger partial charge in [-0.15, -0.1) is 6.58 Å². The van der Waals surface area contributed by atoms with E-state index in [2.05, 4.69) is 6.58 Å². The van der Waals surface area contributed by atoms with E-state index in [9.17, 15) is 8.78 Å². The maximum Gasteiger partial charge on any atom is 0.310 e. The average molecular weight is 294 g/mol. The topological polar surface area (TPSA) is 36.9 Å². The first-order chi connectivity index (χ1) is 9.57. The van der Waals surface area contributed by atoms with Crippen molar-refractivity contribution in [1.82, 2.24) is 0 Å². The summed E-state index contributed by atoms with van der Waals surface area (Å²) in [6.45, 7) is 7.62. The molecule has 0 saturated heterocycles. The molecule has 0 unspecified atom stereocenters. The molecule has 0 aliphatic heterocycles. The van der Waals surface area contributed by atoms with Gasteiger partial charge in [0.25, 0.3) is 0 Å². The van der Waals surface area contributed by atoms with Crippen LogP contribution in [0.4, 0.5) is 8.78 Å². The maximum atomic E-state index is 13.1. The van der Waals surface area contributed by atoms with Crippen LogP contribution in [-0.2, 0) is 18.9 Å². The van der Waals surface area contributed by atoms with Gasteiger partial charge in [0.15, 0.2) is 12.6 Å². The van der Waals surface area contributed by atoms with Crippen molar-refractivity contribution in [3.05, 3.63) is 24.5 Å². The maximum absolute atomic E-state index is 13.1. The molecule has 0 spiro atoms. The van der Waals surface area contributed by atoms with Crippen molar-refractivity contribution in [2.24, 2.45) is 0 Å². The molecule has 0 N–H and O–H groups in total. The Hall–Kier alpha value is -0.980. The first-order valence-corrected chi connectivity index (χ1v) is 6.58. The Morgan fingerprint density at radius 3 is 2.30 bits per heavy atom. The Morgan fingerprint density at radius 1 is 1.20 bits per heavy atom. The van der Waals surface area contributed by atoms with Crippen LogP contribution in [-0.4, -0.2) is 39.3 Å². The van der Waals surface area contributed by atoms with Gasteiger partial charge < -0.3 is 18.9 Å². The molecule has 0 aromatic rings. The van der Waals surface area contributed by atoms with Gasteiger partial charge in [-0.25, -0.2) is 0 Å². The molecule has 0 amide bonds. The minimum atomic E-state index is -1.90. The van der Waals surface area contributed by atoms with E-state index >= 15 is 0 Å². The normalized spacial score (nSPS) is 11.2. The van der Waals surface area contributed by atoms with Crippen LogP contribution < -0.4 is 0 Å². The zero-order chi connectivity index (χ0) is 15.4. The predicted molar refractivity (Wildman–Crippen MR) is 72.5 cm³/mol. The lowest BCUT2D eigenvalue weighted by atomic mass is 9.94. The van der Waals surface area contributed by atoms with Crippen molar-refractivity contribution in [3.63, 3.8) is 0 Å². The van der Waals surface area contributed by atoms with Gasteiger partial charge in [0, 0.05) is 7.11 Å². The molecule has 0 saturated carbocycles. The SMILES string of the molecule is C=CCOC(CC)(CC)C(OCOCCOC)=C(F)F. The fourth-order valence-electron chi connectivity index (χ4n) is 1.72. The lowest BCUT2D eigenvalue weighted by Gasteiger charge is -2.32. The van der Waals surface area contributed by atoms with Gasteiger partial charge in [-0.1, -0.05) is 19.9 Å². The minimum Gasteiger partial charge on any atom is -0.463 e. The number of ether oxygens (including phenoxy) is 4. The highest BCUT2D eigenvalue weighted by atomic mass is 19.3. The monoisotopic (exact) mass is 294 g/mol. The van der Waals surface area contributed by atoms with E-state index in [1.807, 2.05) is 0 Å². The number of halogens is 2. The van der Waals surface area contributed by atoms with E-state index in [4.69, 9.17) is 18.9 Å². The molecule has 0 aromatic carbocycles. The van der Waals surface area contributed by atoms with Gasteiger partial charge in [-0.05, 0) is 12.8 Å². The molecule has 4 nitrogen and oxygen atoms in total. The molecule has 0 fully saturated rings. The van der Waals surface area contributed by atoms with E-state index in [-0.39, 0.29) is 20.0 Å². The number of methoxy groups -OCH3 is 1. The highest BCUT2D eigenvalue weighted by molar-refractivity contribution is 5.11. The highest BCUT2D eigenvalue weighted by Gasteiger charge is 2.37. The van der Waals surface area contributed by atoms with Crippen LogP contribution in [0.5, 0.6) is 0 Å². The molecule has 0 bridgehead atoms. The third-order valence-electron chi connectivity index (χ3n) is 2.92. The van der Waals surface area contributed by atoms with Crippen LogP contribution in [0.25, 0.3) is 0 Å². The van der Waals surface area contributed by atoms with Crippen LogP contribution in [0.2, 0.25) is 0 Å². The fourth-order valence-corrected chi connectivity index (χ4v) is 1.72. The summed E-state index contributed by atoms with van der Waals surface area (Å²) in [6.07, 6.45) is 0.348. The second-order valence-electron chi connectivity index (χ2n) is 4.05. The molecule has 0 heterocycles. The third kappa shape index (κ3) is 5.98. The molecule has 0 rings (SSSR count). The molecule has 118 valence electrons. The largest absolute Gasteiger partial charge is 0.463 e. The zero-order valence-electron chi connectivity index (χ0n) is 12.4. The van der Waals surface area contributed by atoms with E-state index in [1.54, 1.807) is 13.8 Å². The van der Waals surface area contributed by atoms with Crippen molar-refractivity contribution in [2.45, 2.75) is 32.3 Å². The van der Waals surface area contributed by atoms with E-state index in [1.165, 1.54) is 13.2 Å². The van der Waals surface area contributed by atoms with Gasteiger partial charge in [-0.2, -0.15) is 8.78 Å². The molecule has 0 atom stereocenters. The molecule has 20 heavy (non-hydrogen) atoms. The molecule has 6 heteroatoms. The predicted octanol–water partition coefficient (Wildman–Crippen LogP) is 3.49. The lowest BCUT2D eigenvalue weighted by Crippen LogP contribution is -2.36. The number of rotatable bonds is 12. The molecular formula is C14H24F2O4. The Labute approximate surface area is 119 Å². The van der Waals surface area contributed by atoms with Crippen molar-refractivity contribution in [1.29, 1.82) is 0 Å². The average Bonchev–Trinajstić information content (AvgIpc) is 2.45. The van der Waals surface area contributed by atoms with Crippen LogP contribution in [0.1, 0.15) is 26.7 Å². The molecule has 0 aliphatic carbocycles. The van der Waals surface area contributed by atoms with Crippen LogP contribution in [0.15, 0.2) is 24.5 Å². The van der Waals surface area contributed by atoms with E-state index in [0.717, 1.165) is 0 Å². The lowest BCUT2D eigenvalue weighted by molar-refractivity contribution is -0.102. The zero-order valence-corrected chi connectivity index (χ0v) is 12.4. The summed E-state index contributed by atoms with van der Waals surface area (Å²) in [5.41, 5.74) is -1.16. The fraction of sp³-hybridized carbons (Fsp3) is 0.714.